The van der Waals surface area contributed by atoms with Crippen molar-refractivity contribution in [2.45, 2.75) is 12.8 Å². The third-order valence-electron chi connectivity index (χ3n) is 4.39. The van der Waals surface area contributed by atoms with Gasteiger partial charge in [0.25, 0.3) is 11.8 Å². The second-order valence-corrected chi connectivity index (χ2v) is 6.58. The summed E-state index contributed by atoms with van der Waals surface area (Å²) in [7, 11) is 1.54. The van der Waals surface area contributed by atoms with Crippen molar-refractivity contribution >= 4 is 23.4 Å². The van der Waals surface area contributed by atoms with Crippen LogP contribution in [-0.2, 0) is 4.79 Å². The van der Waals surface area contributed by atoms with Gasteiger partial charge in [0, 0.05) is 35.8 Å². The molecule has 0 bridgehead atoms. The molecule has 3 N–H and O–H groups in total. The predicted molar refractivity (Wildman–Crippen MR) is 105 cm³/mol. The minimum atomic E-state index is -0.262. The van der Waals surface area contributed by atoms with Crippen LogP contribution in [0, 0.1) is 5.92 Å². The summed E-state index contributed by atoms with van der Waals surface area (Å²) in [6.07, 6.45) is 1.91. The Labute approximate surface area is 163 Å². The van der Waals surface area contributed by atoms with Gasteiger partial charge in [0.2, 0.25) is 5.91 Å². The number of amides is 3. The van der Waals surface area contributed by atoms with Gasteiger partial charge in [0.1, 0.15) is 5.75 Å². The van der Waals surface area contributed by atoms with Crippen LogP contribution < -0.4 is 20.7 Å². The van der Waals surface area contributed by atoms with Gasteiger partial charge in [0.05, 0.1) is 7.11 Å². The Morgan fingerprint density at radius 1 is 0.929 bits per heavy atom. The van der Waals surface area contributed by atoms with E-state index >= 15 is 0 Å². The van der Waals surface area contributed by atoms with Gasteiger partial charge in [-0.2, -0.15) is 0 Å². The van der Waals surface area contributed by atoms with Gasteiger partial charge in [-0.15, -0.1) is 0 Å². The molecule has 1 aliphatic rings. The van der Waals surface area contributed by atoms with Crippen molar-refractivity contribution in [1.82, 2.24) is 10.6 Å². The molecule has 3 rings (SSSR count). The number of hydrogen-bond donors (Lipinski definition) is 3. The van der Waals surface area contributed by atoms with Crippen molar-refractivity contribution in [2.24, 2.45) is 5.92 Å². The summed E-state index contributed by atoms with van der Waals surface area (Å²) in [5, 5.41) is 8.34. The van der Waals surface area contributed by atoms with Crippen LogP contribution in [0.1, 0.15) is 33.6 Å². The Morgan fingerprint density at radius 3 is 2.32 bits per heavy atom. The molecule has 3 amide bonds. The minimum Gasteiger partial charge on any atom is -0.497 e. The monoisotopic (exact) mass is 381 g/mol. The van der Waals surface area contributed by atoms with Crippen molar-refractivity contribution in [3.8, 4) is 5.75 Å². The summed E-state index contributed by atoms with van der Waals surface area (Å²) in [4.78, 5) is 36.0. The van der Waals surface area contributed by atoms with Gasteiger partial charge in [0.15, 0.2) is 0 Å². The lowest BCUT2D eigenvalue weighted by molar-refractivity contribution is -0.122. The molecule has 7 nitrogen and oxygen atoms in total. The number of ether oxygens (including phenoxy) is 1. The highest BCUT2D eigenvalue weighted by atomic mass is 16.5. The fourth-order valence-corrected chi connectivity index (χ4v) is 2.63. The Hall–Kier alpha value is -3.35. The van der Waals surface area contributed by atoms with E-state index in [2.05, 4.69) is 16.0 Å². The number of carbonyl (C=O) groups is 3. The first-order valence-electron chi connectivity index (χ1n) is 9.18. The van der Waals surface area contributed by atoms with Crippen molar-refractivity contribution in [1.29, 1.82) is 0 Å². The van der Waals surface area contributed by atoms with E-state index in [1.165, 1.54) is 0 Å². The molecule has 1 saturated carbocycles. The first-order valence-corrected chi connectivity index (χ1v) is 9.18. The van der Waals surface area contributed by atoms with Crippen molar-refractivity contribution in [3.63, 3.8) is 0 Å². The zero-order chi connectivity index (χ0) is 19.9. The molecule has 0 radical (unpaired) electrons. The van der Waals surface area contributed by atoms with Crippen molar-refractivity contribution < 1.29 is 19.1 Å². The molecule has 0 unspecified atom stereocenters. The molecular formula is C21H23N3O4. The Balaban J connectivity index is 1.47. The molecule has 28 heavy (non-hydrogen) atoms. The maximum Gasteiger partial charge on any atom is 0.255 e. The van der Waals surface area contributed by atoms with E-state index in [-0.39, 0.29) is 23.6 Å². The van der Waals surface area contributed by atoms with Crippen LogP contribution in [0.5, 0.6) is 5.75 Å². The molecule has 7 heteroatoms. The summed E-state index contributed by atoms with van der Waals surface area (Å²) in [6.45, 7) is 0.779. The molecule has 1 fully saturated rings. The van der Waals surface area contributed by atoms with Crippen LogP contribution in [0.4, 0.5) is 5.69 Å². The molecular weight excluding hydrogens is 358 g/mol. The quantitative estimate of drug-likeness (QED) is 0.611. The van der Waals surface area contributed by atoms with E-state index in [0.29, 0.717) is 35.7 Å². The molecule has 0 saturated heterocycles. The maximum atomic E-state index is 12.3. The standard InChI is InChI=1S/C21H23N3O4/c1-28-18-4-2-3-16(13-18)21(27)24-17-9-7-15(8-10-17)20(26)23-12-11-22-19(25)14-5-6-14/h2-4,7-10,13-14H,5-6,11-12H2,1H3,(H,22,25)(H,23,26)(H,24,27). The SMILES string of the molecule is COc1cccc(C(=O)Nc2ccc(C(=O)NCCNC(=O)C3CC3)cc2)c1. The molecule has 2 aromatic carbocycles. The average molecular weight is 381 g/mol. The smallest absolute Gasteiger partial charge is 0.255 e. The van der Waals surface area contributed by atoms with Crippen LogP contribution in [0.3, 0.4) is 0 Å². The van der Waals surface area contributed by atoms with E-state index in [9.17, 15) is 14.4 Å². The zero-order valence-corrected chi connectivity index (χ0v) is 15.7. The van der Waals surface area contributed by atoms with Crippen LogP contribution in [0.25, 0.3) is 0 Å². The number of anilines is 1. The van der Waals surface area contributed by atoms with Crippen molar-refractivity contribution in [3.05, 3.63) is 59.7 Å². The minimum absolute atomic E-state index is 0.0605. The number of rotatable bonds is 8. The van der Waals surface area contributed by atoms with Crippen LogP contribution in [-0.4, -0.2) is 37.9 Å². The summed E-state index contributed by atoms with van der Waals surface area (Å²) in [5.74, 6) is 0.336. The van der Waals surface area contributed by atoms with Gasteiger partial charge in [-0.05, 0) is 55.3 Å². The lowest BCUT2D eigenvalue weighted by Gasteiger charge is -2.09. The molecule has 2 aromatic rings. The molecule has 0 aromatic heterocycles. The van der Waals surface area contributed by atoms with Crippen LogP contribution in [0.2, 0.25) is 0 Å². The molecule has 0 aliphatic heterocycles. The summed E-state index contributed by atoms with van der Waals surface area (Å²) >= 11 is 0. The highest BCUT2D eigenvalue weighted by Crippen LogP contribution is 2.28. The third kappa shape index (κ3) is 5.33. The average Bonchev–Trinajstić information content (AvgIpc) is 3.57. The zero-order valence-electron chi connectivity index (χ0n) is 15.7. The maximum absolute atomic E-state index is 12.3. The first-order chi connectivity index (χ1) is 13.6. The normalized spacial score (nSPS) is 12.8. The van der Waals surface area contributed by atoms with Gasteiger partial charge in [-0.1, -0.05) is 6.07 Å². The van der Waals surface area contributed by atoms with Gasteiger partial charge >= 0.3 is 0 Å². The molecule has 146 valence electrons. The predicted octanol–water partition coefficient (Wildman–Crippen LogP) is 2.20. The number of hydrogen-bond acceptors (Lipinski definition) is 4. The fourth-order valence-electron chi connectivity index (χ4n) is 2.63. The first kappa shape index (κ1) is 19.4. The van der Waals surface area contributed by atoms with E-state index in [4.69, 9.17) is 4.74 Å². The van der Waals surface area contributed by atoms with Gasteiger partial charge < -0.3 is 20.7 Å². The third-order valence-corrected chi connectivity index (χ3v) is 4.39. The summed E-state index contributed by atoms with van der Waals surface area (Å²) in [6, 6.07) is 13.5. The van der Waals surface area contributed by atoms with E-state index < -0.39 is 0 Å². The summed E-state index contributed by atoms with van der Waals surface area (Å²) < 4.78 is 5.12. The number of nitrogens with one attached hydrogen (secondary N) is 3. The van der Waals surface area contributed by atoms with E-state index in [1.54, 1.807) is 55.6 Å². The van der Waals surface area contributed by atoms with E-state index in [0.717, 1.165) is 12.8 Å². The van der Waals surface area contributed by atoms with Crippen molar-refractivity contribution in [2.75, 3.05) is 25.5 Å². The summed E-state index contributed by atoms with van der Waals surface area (Å²) in [5.41, 5.74) is 1.54. The Kier molecular flexibility index (Phi) is 6.26. The number of benzene rings is 2. The van der Waals surface area contributed by atoms with E-state index in [1.807, 2.05) is 0 Å². The Bertz CT molecular complexity index is 860. The molecule has 1 aliphatic carbocycles. The Morgan fingerprint density at radius 2 is 1.64 bits per heavy atom. The topological polar surface area (TPSA) is 96.5 Å². The van der Waals surface area contributed by atoms with Gasteiger partial charge in [-0.25, -0.2) is 0 Å². The van der Waals surface area contributed by atoms with Crippen LogP contribution in [0.15, 0.2) is 48.5 Å². The largest absolute Gasteiger partial charge is 0.497 e. The lowest BCUT2D eigenvalue weighted by atomic mass is 10.1. The second-order valence-electron chi connectivity index (χ2n) is 6.58. The number of methoxy groups -OCH3 is 1. The molecule has 0 heterocycles. The highest BCUT2D eigenvalue weighted by Gasteiger charge is 2.28. The van der Waals surface area contributed by atoms with Gasteiger partial charge in [-0.3, -0.25) is 14.4 Å². The lowest BCUT2D eigenvalue weighted by Crippen LogP contribution is -2.35. The molecule has 0 atom stereocenters. The van der Waals surface area contributed by atoms with Crippen LogP contribution >= 0.6 is 0 Å². The number of carbonyl (C=O) groups excluding carboxylic acids is 3. The highest BCUT2D eigenvalue weighted by molar-refractivity contribution is 6.04. The second kappa shape index (κ2) is 9.03. The fraction of sp³-hybridized carbons (Fsp3) is 0.286. The molecule has 0 spiro atoms.